The van der Waals surface area contributed by atoms with Crippen molar-refractivity contribution in [3.63, 3.8) is 0 Å². The van der Waals surface area contributed by atoms with Gasteiger partial charge in [-0.3, -0.25) is 0 Å². The number of rotatable bonds is 12. The summed E-state index contributed by atoms with van der Waals surface area (Å²) in [5, 5.41) is 7.00. The fourth-order valence-electron chi connectivity index (χ4n) is 3.77. The van der Waals surface area contributed by atoms with Crippen LogP contribution in [0.25, 0.3) is 0 Å². The van der Waals surface area contributed by atoms with Crippen molar-refractivity contribution in [3.05, 3.63) is 107 Å². The molecular formula is C29H40N2O2. The lowest BCUT2D eigenvalue weighted by molar-refractivity contribution is 0.195. The van der Waals surface area contributed by atoms with Crippen molar-refractivity contribution in [1.82, 2.24) is 4.57 Å². The predicted molar refractivity (Wildman–Crippen MR) is 138 cm³/mol. The maximum Gasteiger partial charge on any atom is 0.113 e. The molecule has 33 heavy (non-hydrogen) atoms. The van der Waals surface area contributed by atoms with Crippen molar-refractivity contribution < 1.29 is 9.84 Å². The third-order valence-electron chi connectivity index (χ3n) is 5.72. The van der Waals surface area contributed by atoms with Crippen molar-refractivity contribution >= 4 is 0 Å². The molecule has 2 aromatic carbocycles. The Labute approximate surface area is 199 Å². The fourth-order valence-corrected chi connectivity index (χ4v) is 3.77. The minimum Gasteiger partial charge on any atom is -0.492 e. The maximum absolute atomic E-state index is 7.00. The topological polar surface area (TPSA) is 60.4 Å². The molecule has 4 heteroatoms. The van der Waals surface area contributed by atoms with Crippen molar-refractivity contribution in [2.45, 2.75) is 65.5 Å². The molecule has 178 valence electrons. The van der Waals surface area contributed by atoms with Crippen LogP contribution >= 0.6 is 0 Å². The third-order valence-corrected chi connectivity index (χ3v) is 5.72. The van der Waals surface area contributed by atoms with Crippen LogP contribution in [0.5, 0.6) is 0 Å². The first-order chi connectivity index (χ1) is 16.2. The van der Waals surface area contributed by atoms with Gasteiger partial charge in [-0.25, -0.2) is 0 Å². The maximum atomic E-state index is 7.00. The number of aliphatic hydroxyl groups excluding tert-OH is 1. The van der Waals surface area contributed by atoms with E-state index in [9.17, 15) is 0 Å². The Bertz CT molecular complexity index is 943. The number of hydrogen-bond donors (Lipinski definition) is 2. The normalized spacial score (nSPS) is 11.4. The zero-order chi connectivity index (χ0) is 23.9. The van der Waals surface area contributed by atoms with Gasteiger partial charge in [0.25, 0.3) is 0 Å². The second-order valence-electron chi connectivity index (χ2n) is 8.26. The van der Waals surface area contributed by atoms with E-state index in [-0.39, 0.29) is 0 Å². The highest BCUT2D eigenvalue weighted by Crippen LogP contribution is 2.15. The van der Waals surface area contributed by atoms with Gasteiger partial charge in [-0.1, -0.05) is 67.9 Å². The van der Waals surface area contributed by atoms with E-state index in [1.165, 1.54) is 23.2 Å². The molecule has 0 atom stereocenters. The lowest BCUT2D eigenvalue weighted by Gasteiger charge is -2.11. The highest BCUT2D eigenvalue weighted by atomic mass is 16.5. The predicted octanol–water partition coefficient (Wildman–Crippen LogP) is 6.22. The van der Waals surface area contributed by atoms with Crippen molar-refractivity contribution in [1.29, 1.82) is 0 Å². The number of benzene rings is 2. The molecule has 3 aromatic rings. The highest BCUT2D eigenvalue weighted by molar-refractivity contribution is 5.24. The van der Waals surface area contributed by atoms with Gasteiger partial charge in [-0.15, -0.1) is 0 Å². The summed E-state index contributed by atoms with van der Waals surface area (Å²) in [6, 6.07) is 23.6. The Morgan fingerprint density at radius 1 is 0.848 bits per heavy atom. The summed E-state index contributed by atoms with van der Waals surface area (Å²) in [7, 11) is 1.00. The molecule has 3 rings (SSSR count). The van der Waals surface area contributed by atoms with Gasteiger partial charge in [-0.05, 0) is 67.9 Å². The molecule has 4 nitrogen and oxygen atoms in total. The molecule has 0 unspecified atom stereocenters. The number of allylic oxidation sites excluding steroid dienone is 2. The molecule has 0 aliphatic carbocycles. The highest BCUT2D eigenvalue weighted by Gasteiger charge is 2.03. The number of unbranched alkanes of at least 4 members (excludes halogenated alkanes) is 1. The second kappa shape index (κ2) is 15.0. The van der Waals surface area contributed by atoms with Gasteiger partial charge < -0.3 is 20.1 Å². The molecule has 0 bridgehead atoms. The number of aryl methyl sites for hydroxylation is 2. The van der Waals surface area contributed by atoms with Crippen LogP contribution in [0.2, 0.25) is 0 Å². The minimum atomic E-state index is 0.572. The third kappa shape index (κ3) is 9.19. The standard InChI is InChI=1S/C28H36N2O.CH4O/c1-3-10-27-14-9-20-30(27)21-25-18-16-24(17-19-25)11-7-8-15-28(29)23(2)31-22-26-12-5-4-6-13-26;1-2/h4-6,9,12-14,16-20H,3,7-8,10-11,15,21-22,29H2,1-2H3;2H,1H3/b28-23-;. The van der Waals surface area contributed by atoms with Gasteiger partial charge in [0, 0.05) is 31.2 Å². The van der Waals surface area contributed by atoms with Crippen LogP contribution in [0.4, 0.5) is 0 Å². The van der Waals surface area contributed by atoms with Gasteiger partial charge in [-0.2, -0.15) is 0 Å². The van der Waals surface area contributed by atoms with Gasteiger partial charge >= 0.3 is 0 Å². The van der Waals surface area contributed by atoms with E-state index in [0.29, 0.717) is 6.61 Å². The van der Waals surface area contributed by atoms with Crippen LogP contribution < -0.4 is 5.73 Å². The van der Waals surface area contributed by atoms with Crippen LogP contribution in [-0.4, -0.2) is 16.8 Å². The van der Waals surface area contributed by atoms with E-state index >= 15 is 0 Å². The lowest BCUT2D eigenvalue weighted by atomic mass is 10.0. The number of aromatic nitrogens is 1. The van der Waals surface area contributed by atoms with E-state index in [0.717, 1.165) is 62.8 Å². The van der Waals surface area contributed by atoms with E-state index < -0.39 is 0 Å². The average Bonchev–Trinajstić information content (AvgIpc) is 3.29. The summed E-state index contributed by atoms with van der Waals surface area (Å²) in [6.07, 6.45) is 8.67. The average molecular weight is 449 g/mol. The number of nitrogens with two attached hydrogens (primary N) is 1. The first kappa shape index (κ1) is 26.3. The van der Waals surface area contributed by atoms with Crippen LogP contribution in [-0.2, 0) is 30.7 Å². The first-order valence-corrected chi connectivity index (χ1v) is 11.9. The Morgan fingerprint density at radius 3 is 2.24 bits per heavy atom. The number of aliphatic hydroxyl groups is 1. The van der Waals surface area contributed by atoms with Crippen molar-refractivity contribution in [2.75, 3.05) is 7.11 Å². The Kier molecular flexibility index (Phi) is 11.9. The molecule has 3 N–H and O–H groups in total. The van der Waals surface area contributed by atoms with E-state index in [2.05, 4.69) is 66.2 Å². The molecule has 1 aromatic heterocycles. The molecule has 1 heterocycles. The van der Waals surface area contributed by atoms with E-state index in [1.807, 2.05) is 25.1 Å². The summed E-state index contributed by atoms with van der Waals surface area (Å²) >= 11 is 0. The van der Waals surface area contributed by atoms with Crippen molar-refractivity contribution in [2.24, 2.45) is 5.73 Å². The summed E-state index contributed by atoms with van der Waals surface area (Å²) < 4.78 is 8.19. The number of nitrogens with zero attached hydrogens (tertiary/aromatic N) is 1. The lowest BCUT2D eigenvalue weighted by Crippen LogP contribution is -2.04. The zero-order valence-corrected chi connectivity index (χ0v) is 20.5. The van der Waals surface area contributed by atoms with E-state index in [1.54, 1.807) is 0 Å². The molecule has 0 amide bonds. The molecular weight excluding hydrogens is 408 g/mol. The quantitative estimate of drug-likeness (QED) is 0.255. The Hall–Kier alpha value is -2.98. The summed E-state index contributed by atoms with van der Waals surface area (Å²) in [5.74, 6) is 0.848. The smallest absolute Gasteiger partial charge is 0.113 e. The van der Waals surface area contributed by atoms with Crippen LogP contribution in [0.3, 0.4) is 0 Å². The van der Waals surface area contributed by atoms with Gasteiger partial charge in [0.05, 0.1) is 0 Å². The van der Waals surface area contributed by atoms with Gasteiger partial charge in [0.2, 0.25) is 0 Å². The number of ether oxygens (including phenoxy) is 1. The SMILES string of the molecule is CCCc1cccn1Cc1ccc(CCCC/C(N)=C(\C)OCc2ccccc2)cc1.CO. The molecule has 0 fully saturated rings. The zero-order valence-electron chi connectivity index (χ0n) is 20.5. The van der Waals surface area contributed by atoms with E-state index in [4.69, 9.17) is 15.6 Å². The molecule has 0 saturated heterocycles. The molecule has 0 aliphatic rings. The first-order valence-electron chi connectivity index (χ1n) is 11.9. The number of hydrogen-bond acceptors (Lipinski definition) is 3. The molecule has 0 aliphatic heterocycles. The van der Waals surface area contributed by atoms with Crippen LogP contribution in [0.15, 0.2) is 84.4 Å². The summed E-state index contributed by atoms with van der Waals surface area (Å²) in [6.45, 7) is 5.72. The molecule has 0 spiro atoms. The van der Waals surface area contributed by atoms with Gasteiger partial charge in [0.1, 0.15) is 12.4 Å². The van der Waals surface area contributed by atoms with Crippen LogP contribution in [0, 0.1) is 0 Å². The Balaban J connectivity index is 0.00000187. The van der Waals surface area contributed by atoms with Crippen LogP contribution in [0.1, 0.15) is 61.9 Å². The molecule has 0 saturated carbocycles. The summed E-state index contributed by atoms with van der Waals surface area (Å²) in [4.78, 5) is 0. The molecule has 0 radical (unpaired) electrons. The van der Waals surface area contributed by atoms with Gasteiger partial charge in [0.15, 0.2) is 0 Å². The largest absolute Gasteiger partial charge is 0.492 e. The second-order valence-corrected chi connectivity index (χ2v) is 8.26. The summed E-state index contributed by atoms with van der Waals surface area (Å²) in [5.41, 5.74) is 12.4. The fraction of sp³-hybridized carbons (Fsp3) is 0.379. The minimum absolute atomic E-state index is 0.572. The monoisotopic (exact) mass is 448 g/mol. The van der Waals surface area contributed by atoms with Crippen molar-refractivity contribution in [3.8, 4) is 0 Å². The Morgan fingerprint density at radius 2 is 1.55 bits per heavy atom.